The van der Waals surface area contributed by atoms with Crippen LogP contribution < -0.4 is 0 Å². The normalized spacial score (nSPS) is 12.3. The molecule has 0 N–H and O–H groups in total. The number of hydrogen-bond acceptors (Lipinski definition) is 0. The summed E-state index contributed by atoms with van der Waals surface area (Å²) in [5, 5.41) is 0. The summed E-state index contributed by atoms with van der Waals surface area (Å²) < 4.78 is 0. The Kier molecular flexibility index (Phi) is 10.0. The molecule has 1 heteroatoms. The number of allylic oxidation sites excluding steroid dienone is 4. The second kappa shape index (κ2) is 10.3. The molecule has 94 valence electrons. The summed E-state index contributed by atoms with van der Waals surface area (Å²) in [6.07, 6.45) is 12.5. The minimum absolute atomic E-state index is 0. The monoisotopic (exact) mass is 274 g/mol. The maximum Gasteiger partial charge on any atom is 2.00 e. The molecule has 0 radical (unpaired) electrons. The number of aryl methyl sites for hydroxylation is 2. The average molecular weight is 274 g/mol. The van der Waals surface area contributed by atoms with Crippen molar-refractivity contribution in [3.05, 3.63) is 59.2 Å². The fraction of sp³-hybridized carbons (Fsp3) is 0.412. The quantitative estimate of drug-likeness (QED) is 0.539. The van der Waals surface area contributed by atoms with Gasteiger partial charge in [-0.2, -0.15) is 41.5 Å². The first-order valence-corrected chi connectivity index (χ1v) is 6.44. The molecule has 0 atom stereocenters. The smallest absolute Gasteiger partial charge is 0.269 e. The summed E-state index contributed by atoms with van der Waals surface area (Å²) in [5.41, 5.74) is 3.97. The van der Waals surface area contributed by atoms with Crippen molar-refractivity contribution in [2.45, 2.75) is 46.5 Å². The first-order chi connectivity index (χ1) is 8.24. The first kappa shape index (κ1) is 17.4. The van der Waals surface area contributed by atoms with E-state index in [0.717, 1.165) is 6.42 Å². The Morgan fingerprint density at radius 1 is 1.28 bits per heavy atom. The fourth-order valence-electron chi connectivity index (χ4n) is 1.59. The predicted molar refractivity (Wildman–Crippen MR) is 74.8 cm³/mol. The molecule has 0 aliphatic heterocycles. The molecule has 1 aliphatic rings. The third-order valence-corrected chi connectivity index (χ3v) is 2.90. The molecule has 0 fully saturated rings. The van der Waals surface area contributed by atoms with Gasteiger partial charge in [-0.25, -0.2) is 11.6 Å². The molecule has 0 unspecified atom stereocenters. The van der Waals surface area contributed by atoms with Gasteiger partial charge in [0.25, 0.3) is 0 Å². The van der Waals surface area contributed by atoms with Gasteiger partial charge in [0.05, 0.1) is 0 Å². The standard InChI is InChI=1S/C9H13.C8H9.Ti/c1-2-3-6-9-7-4-5-8-9;1-7-5-3-4-6-8(7)2;/h4,7H,2-3,5-6H2,1H3;3-5H,1-2H3;/q2*-1;+2. The molecular weight excluding hydrogens is 252 g/mol. The van der Waals surface area contributed by atoms with Gasteiger partial charge < -0.3 is 0 Å². The zero-order valence-corrected chi connectivity index (χ0v) is 13.3. The molecule has 2 rings (SSSR count). The molecular formula is C17H22Ti. The number of hydrogen-bond donors (Lipinski definition) is 0. The first-order valence-electron chi connectivity index (χ1n) is 6.44. The van der Waals surface area contributed by atoms with Crippen LogP contribution in [0, 0.1) is 26.0 Å². The molecule has 0 saturated heterocycles. The van der Waals surface area contributed by atoms with Gasteiger partial charge in [0, 0.05) is 0 Å². The molecule has 0 aromatic heterocycles. The van der Waals surface area contributed by atoms with Crippen LogP contribution in [0.15, 0.2) is 35.9 Å². The van der Waals surface area contributed by atoms with Crippen molar-refractivity contribution >= 4 is 0 Å². The van der Waals surface area contributed by atoms with Gasteiger partial charge in [0.15, 0.2) is 0 Å². The van der Waals surface area contributed by atoms with E-state index in [-0.39, 0.29) is 21.7 Å². The summed E-state index contributed by atoms with van der Waals surface area (Å²) in [4.78, 5) is 0. The average Bonchev–Trinajstić information content (AvgIpc) is 2.84. The summed E-state index contributed by atoms with van der Waals surface area (Å²) in [7, 11) is 0. The topological polar surface area (TPSA) is 0 Å². The molecule has 0 saturated carbocycles. The molecule has 1 aromatic rings. The van der Waals surface area contributed by atoms with Crippen molar-refractivity contribution in [1.29, 1.82) is 0 Å². The van der Waals surface area contributed by atoms with E-state index >= 15 is 0 Å². The van der Waals surface area contributed by atoms with Crippen molar-refractivity contribution in [1.82, 2.24) is 0 Å². The van der Waals surface area contributed by atoms with Crippen molar-refractivity contribution in [3.8, 4) is 0 Å². The minimum Gasteiger partial charge on any atom is -0.269 e. The zero-order valence-electron chi connectivity index (χ0n) is 11.7. The Morgan fingerprint density at radius 2 is 2.06 bits per heavy atom. The van der Waals surface area contributed by atoms with Gasteiger partial charge in [-0.05, 0) is 0 Å². The van der Waals surface area contributed by atoms with Gasteiger partial charge in [-0.1, -0.05) is 40.0 Å². The van der Waals surface area contributed by atoms with E-state index in [1.165, 1.54) is 36.0 Å². The second-order valence-corrected chi connectivity index (χ2v) is 4.39. The van der Waals surface area contributed by atoms with Gasteiger partial charge in [-0.15, -0.1) is 6.42 Å². The zero-order chi connectivity index (χ0) is 12.5. The van der Waals surface area contributed by atoms with Crippen LogP contribution in [-0.2, 0) is 21.7 Å². The van der Waals surface area contributed by atoms with E-state index in [9.17, 15) is 0 Å². The summed E-state index contributed by atoms with van der Waals surface area (Å²) >= 11 is 0. The van der Waals surface area contributed by atoms with E-state index in [4.69, 9.17) is 0 Å². The molecule has 0 amide bonds. The molecule has 1 aromatic carbocycles. The van der Waals surface area contributed by atoms with Crippen molar-refractivity contribution in [2.75, 3.05) is 0 Å². The molecule has 0 nitrogen and oxygen atoms in total. The largest absolute Gasteiger partial charge is 2.00 e. The van der Waals surface area contributed by atoms with Crippen LogP contribution in [0.4, 0.5) is 0 Å². The second-order valence-electron chi connectivity index (χ2n) is 4.39. The maximum atomic E-state index is 3.30. The van der Waals surface area contributed by atoms with Crippen molar-refractivity contribution in [3.63, 3.8) is 0 Å². The molecule has 18 heavy (non-hydrogen) atoms. The fourth-order valence-corrected chi connectivity index (χ4v) is 1.59. The third kappa shape index (κ3) is 6.98. The van der Waals surface area contributed by atoms with Crippen molar-refractivity contribution in [2.24, 2.45) is 0 Å². The van der Waals surface area contributed by atoms with E-state index < -0.39 is 0 Å². The van der Waals surface area contributed by atoms with Crippen molar-refractivity contribution < 1.29 is 21.7 Å². The molecule has 1 aliphatic carbocycles. The Bertz CT molecular complexity index is 367. The van der Waals surface area contributed by atoms with Crippen LogP contribution in [0.2, 0.25) is 0 Å². The van der Waals surface area contributed by atoms with Crippen LogP contribution >= 0.6 is 0 Å². The van der Waals surface area contributed by atoms with Crippen LogP contribution in [0.25, 0.3) is 0 Å². The molecule has 0 spiro atoms. The van der Waals surface area contributed by atoms with Crippen LogP contribution in [0.1, 0.15) is 43.7 Å². The van der Waals surface area contributed by atoms with Gasteiger partial charge in [0.1, 0.15) is 0 Å². The summed E-state index contributed by atoms with van der Waals surface area (Å²) in [6, 6.07) is 9.12. The van der Waals surface area contributed by atoms with E-state index in [1.807, 2.05) is 12.1 Å². The van der Waals surface area contributed by atoms with Gasteiger partial charge in [0.2, 0.25) is 0 Å². The Labute approximate surface area is 127 Å². The number of rotatable bonds is 3. The summed E-state index contributed by atoms with van der Waals surface area (Å²) in [5.74, 6) is 0. The maximum absolute atomic E-state index is 3.30. The van der Waals surface area contributed by atoms with E-state index in [0.29, 0.717) is 0 Å². The Balaban J connectivity index is 0.000000306. The van der Waals surface area contributed by atoms with Gasteiger partial charge >= 0.3 is 21.7 Å². The third-order valence-electron chi connectivity index (χ3n) is 2.90. The SMILES string of the molecule is CCCCC1=[C-]CC=C1.Cc1[c-]cccc1C.[Ti+2]. The molecule has 0 bridgehead atoms. The van der Waals surface area contributed by atoms with Gasteiger partial charge in [-0.3, -0.25) is 6.08 Å². The number of unbranched alkanes of at least 4 members (excludes halogenated alkanes) is 1. The predicted octanol–water partition coefficient (Wildman–Crippen LogP) is 4.97. The minimum atomic E-state index is 0. The van der Waals surface area contributed by atoms with E-state index in [1.54, 1.807) is 0 Å². The van der Waals surface area contributed by atoms with E-state index in [2.05, 4.69) is 51.1 Å². The molecule has 0 heterocycles. The van der Waals surface area contributed by atoms with Crippen LogP contribution in [0.3, 0.4) is 0 Å². The van der Waals surface area contributed by atoms with Crippen LogP contribution in [0.5, 0.6) is 0 Å². The summed E-state index contributed by atoms with van der Waals surface area (Å²) in [6.45, 7) is 6.38. The number of benzene rings is 1. The Hall–Kier alpha value is -0.586. The van der Waals surface area contributed by atoms with Crippen LogP contribution in [-0.4, -0.2) is 0 Å². The Morgan fingerprint density at radius 3 is 2.50 bits per heavy atom.